The maximum Gasteiger partial charge on any atom is 0.157 e. The van der Waals surface area contributed by atoms with Gasteiger partial charge < -0.3 is 0 Å². The third-order valence-corrected chi connectivity index (χ3v) is 3.43. The van der Waals surface area contributed by atoms with Gasteiger partial charge in [-0.15, -0.1) is 0 Å². The number of unbranched alkanes of at least 4 members (excludes halogenated alkanes) is 1. The molecular formula is C16H20FNO. The van der Waals surface area contributed by atoms with Crippen LogP contribution < -0.4 is 0 Å². The lowest BCUT2D eigenvalue weighted by atomic mass is 9.84. The zero-order chi connectivity index (χ0) is 14.3. The van der Waals surface area contributed by atoms with Gasteiger partial charge in [-0.25, -0.2) is 4.39 Å². The first-order valence-electron chi connectivity index (χ1n) is 6.83. The topological polar surface area (TPSA) is 40.9 Å². The summed E-state index contributed by atoms with van der Waals surface area (Å²) in [5, 5.41) is 9.21. The average Bonchev–Trinajstić information content (AvgIpc) is 2.42. The Hall–Kier alpha value is -1.69. The van der Waals surface area contributed by atoms with Gasteiger partial charge in [0.05, 0.1) is 6.07 Å². The monoisotopic (exact) mass is 261 g/mol. The molecule has 0 aliphatic carbocycles. The molecule has 102 valence electrons. The SMILES string of the molecule is CCCCC(CC)C(=O)C(C#N)c1ccccc1F. The smallest absolute Gasteiger partial charge is 0.157 e. The molecular weight excluding hydrogens is 241 g/mol. The Morgan fingerprint density at radius 3 is 2.58 bits per heavy atom. The summed E-state index contributed by atoms with van der Waals surface area (Å²) in [4.78, 5) is 12.4. The first-order valence-corrected chi connectivity index (χ1v) is 6.83. The number of carbonyl (C=O) groups excluding carboxylic acids is 1. The van der Waals surface area contributed by atoms with Gasteiger partial charge in [0.2, 0.25) is 0 Å². The van der Waals surface area contributed by atoms with Crippen molar-refractivity contribution in [2.24, 2.45) is 5.92 Å². The molecule has 0 saturated carbocycles. The number of carbonyl (C=O) groups is 1. The van der Waals surface area contributed by atoms with E-state index in [0.29, 0.717) is 6.42 Å². The lowest BCUT2D eigenvalue weighted by molar-refractivity contribution is -0.123. The van der Waals surface area contributed by atoms with E-state index in [1.54, 1.807) is 12.1 Å². The second-order valence-electron chi connectivity index (χ2n) is 4.73. The highest BCUT2D eigenvalue weighted by atomic mass is 19.1. The minimum atomic E-state index is -0.983. The molecule has 0 bridgehead atoms. The molecule has 1 rings (SSSR count). The van der Waals surface area contributed by atoms with E-state index >= 15 is 0 Å². The van der Waals surface area contributed by atoms with Crippen molar-refractivity contribution in [3.63, 3.8) is 0 Å². The second kappa shape index (κ2) is 7.68. The molecule has 0 heterocycles. The van der Waals surface area contributed by atoms with Crippen LogP contribution in [0.15, 0.2) is 24.3 Å². The summed E-state index contributed by atoms with van der Waals surface area (Å²) in [6, 6.07) is 7.99. The number of nitriles is 1. The van der Waals surface area contributed by atoms with E-state index in [1.165, 1.54) is 12.1 Å². The van der Waals surface area contributed by atoms with Crippen molar-refractivity contribution in [1.29, 1.82) is 5.26 Å². The number of rotatable bonds is 7. The van der Waals surface area contributed by atoms with Crippen LogP contribution in [0.2, 0.25) is 0 Å². The van der Waals surface area contributed by atoms with Crippen LogP contribution in [-0.2, 0) is 4.79 Å². The van der Waals surface area contributed by atoms with E-state index in [-0.39, 0.29) is 17.3 Å². The van der Waals surface area contributed by atoms with Crippen molar-refractivity contribution in [3.8, 4) is 6.07 Å². The Balaban J connectivity index is 2.94. The van der Waals surface area contributed by atoms with Crippen LogP contribution in [0.25, 0.3) is 0 Å². The van der Waals surface area contributed by atoms with Crippen LogP contribution in [-0.4, -0.2) is 5.78 Å². The third kappa shape index (κ3) is 3.89. The Kier molecular flexibility index (Phi) is 6.21. The van der Waals surface area contributed by atoms with Gasteiger partial charge in [0.25, 0.3) is 0 Å². The zero-order valence-corrected chi connectivity index (χ0v) is 11.5. The van der Waals surface area contributed by atoms with E-state index in [2.05, 4.69) is 6.92 Å². The maximum absolute atomic E-state index is 13.7. The molecule has 2 atom stereocenters. The molecule has 0 aliphatic rings. The molecule has 2 nitrogen and oxygen atoms in total. The Labute approximate surface area is 114 Å². The van der Waals surface area contributed by atoms with Gasteiger partial charge in [0.15, 0.2) is 5.78 Å². The van der Waals surface area contributed by atoms with Gasteiger partial charge in [-0.2, -0.15) is 5.26 Å². The van der Waals surface area contributed by atoms with Crippen molar-refractivity contribution < 1.29 is 9.18 Å². The maximum atomic E-state index is 13.7. The van der Waals surface area contributed by atoms with Crippen molar-refractivity contribution in [3.05, 3.63) is 35.6 Å². The third-order valence-electron chi connectivity index (χ3n) is 3.43. The van der Waals surface area contributed by atoms with Crippen LogP contribution in [0, 0.1) is 23.1 Å². The zero-order valence-electron chi connectivity index (χ0n) is 11.5. The molecule has 0 fully saturated rings. The quantitative estimate of drug-likeness (QED) is 0.737. The largest absolute Gasteiger partial charge is 0.298 e. The number of hydrogen-bond donors (Lipinski definition) is 0. The molecule has 0 saturated heterocycles. The molecule has 0 aromatic heterocycles. The van der Waals surface area contributed by atoms with Crippen molar-refractivity contribution >= 4 is 5.78 Å². The number of benzene rings is 1. The summed E-state index contributed by atoms with van der Waals surface area (Å²) in [6.45, 7) is 4.00. The standard InChI is InChI=1S/C16H20FNO/c1-3-5-8-12(4-2)16(19)14(11-18)13-9-6-7-10-15(13)17/h6-7,9-10,12,14H,3-5,8H2,1-2H3. The predicted octanol–water partition coefficient (Wildman–Crippen LogP) is 4.22. The second-order valence-corrected chi connectivity index (χ2v) is 4.73. The first-order chi connectivity index (χ1) is 9.15. The molecule has 1 aromatic rings. The van der Waals surface area contributed by atoms with E-state index in [9.17, 15) is 14.4 Å². The Bertz CT molecular complexity index is 464. The van der Waals surface area contributed by atoms with E-state index in [1.807, 2.05) is 13.0 Å². The molecule has 0 aliphatic heterocycles. The van der Waals surface area contributed by atoms with Crippen LogP contribution >= 0.6 is 0 Å². The van der Waals surface area contributed by atoms with Crippen LogP contribution in [0.5, 0.6) is 0 Å². The number of Topliss-reactive ketones (excluding diaryl/α,β-unsaturated/α-hetero) is 1. The molecule has 0 radical (unpaired) electrons. The molecule has 0 N–H and O–H groups in total. The minimum Gasteiger partial charge on any atom is -0.298 e. The van der Waals surface area contributed by atoms with Crippen LogP contribution in [0.4, 0.5) is 4.39 Å². The molecule has 1 aromatic carbocycles. The van der Waals surface area contributed by atoms with E-state index in [0.717, 1.165) is 19.3 Å². The summed E-state index contributed by atoms with van der Waals surface area (Å²) >= 11 is 0. The van der Waals surface area contributed by atoms with E-state index in [4.69, 9.17) is 0 Å². The minimum absolute atomic E-state index is 0.149. The lowest BCUT2D eigenvalue weighted by Gasteiger charge is -2.17. The highest BCUT2D eigenvalue weighted by Crippen LogP contribution is 2.26. The van der Waals surface area contributed by atoms with Gasteiger partial charge in [-0.3, -0.25) is 4.79 Å². The Morgan fingerprint density at radius 2 is 2.05 bits per heavy atom. The highest BCUT2D eigenvalue weighted by Gasteiger charge is 2.28. The van der Waals surface area contributed by atoms with Gasteiger partial charge in [0.1, 0.15) is 11.7 Å². The van der Waals surface area contributed by atoms with Crippen LogP contribution in [0.3, 0.4) is 0 Å². The van der Waals surface area contributed by atoms with Gasteiger partial charge in [-0.05, 0) is 18.9 Å². The number of halogens is 1. The summed E-state index contributed by atoms with van der Waals surface area (Å²) < 4.78 is 13.7. The summed E-state index contributed by atoms with van der Waals surface area (Å²) in [5.41, 5.74) is 0.199. The molecule has 0 amide bonds. The summed E-state index contributed by atoms with van der Waals surface area (Å²) in [6.07, 6.45) is 3.45. The van der Waals surface area contributed by atoms with Gasteiger partial charge in [-0.1, -0.05) is 44.9 Å². The van der Waals surface area contributed by atoms with Crippen molar-refractivity contribution in [2.45, 2.75) is 45.4 Å². The Morgan fingerprint density at radius 1 is 1.37 bits per heavy atom. The van der Waals surface area contributed by atoms with Gasteiger partial charge in [0, 0.05) is 11.5 Å². The molecule has 0 spiro atoms. The molecule has 19 heavy (non-hydrogen) atoms. The fourth-order valence-corrected chi connectivity index (χ4v) is 2.23. The number of ketones is 1. The molecule has 3 heteroatoms. The van der Waals surface area contributed by atoms with Gasteiger partial charge >= 0.3 is 0 Å². The predicted molar refractivity (Wildman–Crippen MR) is 73.1 cm³/mol. The first kappa shape index (κ1) is 15.4. The lowest BCUT2D eigenvalue weighted by Crippen LogP contribution is -2.21. The normalized spacial score (nSPS) is 13.6. The van der Waals surface area contributed by atoms with Crippen molar-refractivity contribution in [2.75, 3.05) is 0 Å². The number of nitrogens with zero attached hydrogens (tertiary/aromatic N) is 1. The summed E-state index contributed by atoms with van der Waals surface area (Å²) in [7, 11) is 0. The fourth-order valence-electron chi connectivity index (χ4n) is 2.23. The summed E-state index contributed by atoms with van der Waals surface area (Å²) in [5.74, 6) is -1.76. The number of hydrogen-bond acceptors (Lipinski definition) is 2. The fraction of sp³-hybridized carbons (Fsp3) is 0.500. The molecule has 2 unspecified atom stereocenters. The van der Waals surface area contributed by atoms with Crippen molar-refractivity contribution in [1.82, 2.24) is 0 Å². The highest BCUT2D eigenvalue weighted by molar-refractivity contribution is 5.90. The average molecular weight is 261 g/mol. The van der Waals surface area contributed by atoms with Crippen LogP contribution in [0.1, 0.15) is 51.0 Å². The van der Waals surface area contributed by atoms with E-state index < -0.39 is 11.7 Å².